The lowest BCUT2D eigenvalue weighted by Crippen LogP contribution is -2.16. The normalized spacial score (nSPS) is 11.2. The van der Waals surface area contributed by atoms with Crippen LogP contribution in [0.25, 0.3) is 0 Å². The Hall–Kier alpha value is -1.62. The van der Waals surface area contributed by atoms with Crippen LogP contribution >= 0.6 is 0 Å². The minimum absolute atomic E-state index is 0.783. The fourth-order valence-electron chi connectivity index (χ4n) is 2.61. The summed E-state index contributed by atoms with van der Waals surface area (Å²) in [7, 11) is 1.99. The zero-order valence-corrected chi connectivity index (χ0v) is 13.2. The number of nitrogens with one attached hydrogen (secondary N) is 1. The fourth-order valence-corrected chi connectivity index (χ4v) is 2.61. The molecule has 2 aromatic heterocycles. The van der Waals surface area contributed by atoms with Crippen LogP contribution in [0.5, 0.6) is 0 Å². The minimum Gasteiger partial charge on any atom is -0.317 e. The molecular weight excluding hydrogens is 250 g/mol. The predicted molar refractivity (Wildman–Crippen MR) is 81.0 cm³/mol. The van der Waals surface area contributed by atoms with Crippen molar-refractivity contribution in [1.82, 2.24) is 24.9 Å². The first kappa shape index (κ1) is 14.8. The molecule has 0 fully saturated rings. The molecule has 20 heavy (non-hydrogen) atoms. The van der Waals surface area contributed by atoms with Crippen molar-refractivity contribution < 1.29 is 0 Å². The molecule has 0 saturated heterocycles. The highest BCUT2D eigenvalue weighted by atomic mass is 15.3. The van der Waals surface area contributed by atoms with E-state index in [0.29, 0.717) is 0 Å². The van der Waals surface area contributed by atoms with E-state index in [9.17, 15) is 0 Å². The van der Waals surface area contributed by atoms with Crippen molar-refractivity contribution in [3.63, 3.8) is 0 Å². The third-order valence-corrected chi connectivity index (χ3v) is 3.74. The first-order chi connectivity index (χ1) is 9.52. The van der Waals surface area contributed by atoms with Crippen molar-refractivity contribution >= 4 is 0 Å². The molecule has 110 valence electrons. The second-order valence-electron chi connectivity index (χ2n) is 5.31. The van der Waals surface area contributed by atoms with Crippen LogP contribution in [0, 0.1) is 20.8 Å². The fraction of sp³-hybridized carbons (Fsp3) is 0.600. The first-order valence-electron chi connectivity index (χ1n) is 7.26. The summed E-state index contributed by atoms with van der Waals surface area (Å²) in [5.41, 5.74) is 6.01. The Labute approximate surface area is 121 Å². The van der Waals surface area contributed by atoms with Crippen LogP contribution in [-0.2, 0) is 20.0 Å². The van der Waals surface area contributed by atoms with Gasteiger partial charge < -0.3 is 5.32 Å². The Morgan fingerprint density at radius 3 is 2.55 bits per heavy atom. The zero-order chi connectivity index (χ0) is 14.7. The van der Waals surface area contributed by atoms with Gasteiger partial charge in [-0.05, 0) is 51.9 Å². The molecule has 0 amide bonds. The van der Waals surface area contributed by atoms with Gasteiger partial charge in [-0.25, -0.2) is 0 Å². The number of nitrogens with zero attached hydrogens (tertiary/aromatic N) is 4. The van der Waals surface area contributed by atoms with Gasteiger partial charge in [-0.15, -0.1) is 0 Å². The summed E-state index contributed by atoms with van der Waals surface area (Å²) in [6.45, 7) is 11.2. The molecule has 0 aliphatic rings. The van der Waals surface area contributed by atoms with Gasteiger partial charge in [0.05, 0.1) is 23.6 Å². The van der Waals surface area contributed by atoms with Gasteiger partial charge in [0.15, 0.2) is 0 Å². The number of aromatic nitrogens is 4. The lowest BCUT2D eigenvalue weighted by atomic mass is 10.1. The molecule has 2 rings (SSSR count). The summed E-state index contributed by atoms with van der Waals surface area (Å²) in [4.78, 5) is 0. The summed E-state index contributed by atoms with van der Waals surface area (Å²) in [6.07, 6.45) is 1.04. The van der Waals surface area contributed by atoms with E-state index in [1.165, 1.54) is 17.0 Å². The molecule has 0 saturated carbocycles. The third kappa shape index (κ3) is 3.10. The van der Waals surface area contributed by atoms with Crippen LogP contribution in [0.15, 0.2) is 6.07 Å². The van der Waals surface area contributed by atoms with Gasteiger partial charge in [0.25, 0.3) is 0 Å². The molecule has 0 atom stereocenters. The first-order valence-corrected chi connectivity index (χ1v) is 7.26. The van der Waals surface area contributed by atoms with Crippen LogP contribution in [0.1, 0.15) is 35.3 Å². The van der Waals surface area contributed by atoms with E-state index in [0.717, 1.165) is 37.4 Å². The van der Waals surface area contributed by atoms with Gasteiger partial charge in [0.2, 0.25) is 0 Å². The second kappa shape index (κ2) is 6.22. The van der Waals surface area contributed by atoms with E-state index in [1.54, 1.807) is 0 Å². The maximum Gasteiger partial charge on any atom is 0.0831 e. The molecule has 5 nitrogen and oxygen atoms in total. The van der Waals surface area contributed by atoms with Gasteiger partial charge >= 0.3 is 0 Å². The number of aryl methyl sites for hydroxylation is 3. The Bertz CT molecular complexity index is 579. The zero-order valence-electron chi connectivity index (χ0n) is 13.2. The maximum absolute atomic E-state index is 4.68. The van der Waals surface area contributed by atoms with E-state index >= 15 is 0 Å². The predicted octanol–water partition coefficient (Wildman–Crippen LogP) is 1.74. The molecule has 1 N–H and O–H groups in total. The quantitative estimate of drug-likeness (QED) is 0.817. The monoisotopic (exact) mass is 275 g/mol. The average Bonchev–Trinajstić information content (AvgIpc) is 2.83. The van der Waals surface area contributed by atoms with Gasteiger partial charge in [-0.1, -0.05) is 6.92 Å². The third-order valence-electron chi connectivity index (χ3n) is 3.74. The number of hydrogen-bond acceptors (Lipinski definition) is 3. The molecule has 2 aromatic rings. The smallest absolute Gasteiger partial charge is 0.0831 e. The van der Waals surface area contributed by atoms with Crippen LogP contribution in [0.3, 0.4) is 0 Å². The topological polar surface area (TPSA) is 47.7 Å². The minimum atomic E-state index is 0.783. The van der Waals surface area contributed by atoms with Crippen molar-refractivity contribution in [2.75, 3.05) is 13.1 Å². The van der Waals surface area contributed by atoms with E-state index in [-0.39, 0.29) is 0 Å². The van der Waals surface area contributed by atoms with Crippen molar-refractivity contribution in [2.45, 2.75) is 40.7 Å². The molecule has 0 aromatic carbocycles. The lowest BCUT2D eigenvalue weighted by Gasteiger charge is -2.06. The number of hydrogen-bond donors (Lipinski definition) is 1. The molecule has 0 bridgehead atoms. The molecule has 0 aliphatic heterocycles. The van der Waals surface area contributed by atoms with Crippen LogP contribution in [0.2, 0.25) is 0 Å². The largest absolute Gasteiger partial charge is 0.317 e. The van der Waals surface area contributed by atoms with Crippen LogP contribution in [0.4, 0.5) is 0 Å². The van der Waals surface area contributed by atoms with Gasteiger partial charge in [-0.2, -0.15) is 10.2 Å². The Morgan fingerprint density at radius 1 is 1.20 bits per heavy atom. The number of likely N-dealkylation sites (N-methyl/N-ethyl adjacent to an activating group) is 1. The molecule has 0 spiro atoms. The summed E-state index contributed by atoms with van der Waals surface area (Å²) in [5, 5.41) is 12.4. The van der Waals surface area contributed by atoms with Gasteiger partial charge in [-0.3, -0.25) is 9.36 Å². The van der Waals surface area contributed by atoms with Crippen molar-refractivity contribution in [2.24, 2.45) is 7.05 Å². The van der Waals surface area contributed by atoms with Crippen molar-refractivity contribution in [3.05, 3.63) is 34.4 Å². The Kier molecular flexibility index (Phi) is 4.60. The maximum atomic E-state index is 4.68. The van der Waals surface area contributed by atoms with E-state index in [1.807, 2.05) is 18.7 Å². The Balaban J connectivity index is 2.17. The van der Waals surface area contributed by atoms with Crippen LogP contribution < -0.4 is 5.32 Å². The molecule has 0 aliphatic carbocycles. The summed E-state index contributed by atoms with van der Waals surface area (Å²) < 4.78 is 4.02. The van der Waals surface area contributed by atoms with E-state index < -0.39 is 0 Å². The summed E-state index contributed by atoms with van der Waals surface area (Å²) in [6, 6.07) is 2.12. The number of rotatable bonds is 6. The highest BCUT2D eigenvalue weighted by molar-refractivity contribution is 5.25. The second-order valence-corrected chi connectivity index (χ2v) is 5.31. The molecule has 0 unspecified atom stereocenters. The SMILES string of the molecule is CCNCCc1c(C)nn(Cc2cc(C)nn2C)c1C. The van der Waals surface area contributed by atoms with Gasteiger partial charge in [0, 0.05) is 12.7 Å². The van der Waals surface area contributed by atoms with Crippen molar-refractivity contribution in [3.8, 4) is 0 Å². The summed E-state index contributed by atoms with van der Waals surface area (Å²) in [5.74, 6) is 0. The highest BCUT2D eigenvalue weighted by Crippen LogP contribution is 2.15. The summed E-state index contributed by atoms with van der Waals surface area (Å²) >= 11 is 0. The molecule has 0 radical (unpaired) electrons. The molecular formula is C15H25N5. The highest BCUT2D eigenvalue weighted by Gasteiger charge is 2.12. The Morgan fingerprint density at radius 2 is 1.95 bits per heavy atom. The van der Waals surface area contributed by atoms with Crippen molar-refractivity contribution in [1.29, 1.82) is 0 Å². The standard InChI is InChI=1S/C15H25N5/c1-6-16-8-7-15-12(3)18-20(13(15)4)10-14-9-11(2)17-19(14)5/h9,16H,6-8,10H2,1-5H3. The average molecular weight is 275 g/mol. The van der Waals surface area contributed by atoms with E-state index in [2.05, 4.69) is 47.0 Å². The molecule has 5 heteroatoms. The van der Waals surface area contributed by atoms with E-state index in [4.69, 9.17) is 0 Å². The lowest BCUT2D eigenvalue weighted by molar-refractivity contribution is 0.602. The van der Waals surface area contributed by atoms with Crippen LogP contribution in [-0.4, -0.2) is 32.7 Å². The van der Waals surface area contributed by atoms with Gasteiger partial charge in [0.1, 0.15) is 0 Å². The molecule has 2 heterocycles.